The lowest BCUT2D eigenvalue weighted by atomic mass is 10.2. The molecule has 0 amide bonds. The van der Waals surface area contributed by atoms with E-state index in [2.05, 4.69) is 37.3 Å². The topological polar surface area (TPSA) is 39.1 Å². The maximum absolute atomic E-state index is 5.54. The molecule has 0 unspecified atom stereocenters. The van der Waals surface area contributed by atoms with Gasteiger partial charge in [-0.05, 0) is 31.4 Å². The quantitative estimate of drug-likeness (QED) is 0.685. The molecule has 1 aromatic rings. The average Bonchev–Trinajstić information content (AvgIpc) is 2.68. The smallest absolute Gasteiger partial charge is 0.0625 e. The molecule has 0 spiro atoms. The summed E-state index contributed by atoms with van der Waals surface area (Å²) in [4.78, 5) is 0. The van der Waals surface area contributed by atoms with Gasteiger partial charge in [0, 0.05) is 26.8 Å². The summed E-state index contributed by atoms with van der Waals surface area (Å²) >= 11 is 0. The summed E-state index contributed by atoms with van der Waals surface area (Å²) in [6, 6.07) is 2.17. The van der Waals surface area contributed by atoms with Crippen LogP contribution in [0.2, 0.25) is 0 Å². The lowest BCUT2D eigenvalue weighted by molar-refractivity contribution is 0.108. The van der Waals surface area contributed by atoms with Crippen molar-refractivity contribution < 1.29 is 4.74 Å². The van der Waals surface area contributed by atoms with Crippen LogP contribution < -0.4 is 5.32 Å². The maximum atomic E-state index is 5.54. The second kappa shape index (κ2) is 8.27. The number of ether oxygens (including phenoxy) is 1. The number of nitrogens with zero attached hydrogens (tertiary/aromatic N) is 2. The average molecular weight is 253 g/mol. The molecule has 0 radical (unpaired) electrons. The molecule has 0 fully saturated rings. The van der Waals surface area contributed by atoms with Gasteiger partial charge >= 0.3 is 0 Å². The molecule has 0 saturated carbocycles. The summed E-state index contributed by atoms with van der Waals surface area (Å²) in [6.45, 7) is 10.1. The summed E-state index contributed by atoms with van der Waals surface area (Å²) < 4.78 is 7.49. The van der Waals surface area contributed by atoms with Crippen molar-refractivity contribution in [3.63, 3.8) is 0 Å². The van der Waals surface area contributed by atoms with Gasteiger partial charge in [0.05, 0.1) is 11.4 Å². The van der Waals surface area contributed by atoms with Gasteiger partial charge in [0.2, 0.25) is 0 Å². The molecule has 0 atom stereocenters. The van der Waals surface area contributed by atoms with Crippen molar-refractivity contribution in [2.45, 2.75) is 40.2 Å². The van der Waals surface area contributed by atoms with Crippen LogP contribution in [0.4, 0.5) is 0 Å². The molecule has 1 aromatic heterocycles. The number of aromatic nitrogens is 2. The number of hydrogen-bond donors (Lipinski definition) is 1. The van der Waals surface area contributed by atoms with Gasteiger partial charge < -0.3 is 10.1 Å². The molecular weight excluding hydrogens is 226 g/mol. The van der Waals surface area contributed by atoms with Crippen LogP contribution in [0.1, 0.15) is 38.6 Å². The SMILES string of the molecule is CCc1cc(CNCCCOCC(C)C)n(C)n1. The zero-order valence-electron chi connectivity index (χ0n) is 12.2. The molecule has 104 valence electrons. The van der Waals surface area contributed by atoms with Crippen LogP contribution in [0.15, 0.2) is 6.07 Å². The molecule has 0 aliphatic carbocycles. The summed E-state index contributed by atoms with van der Waals surface area (Å²) in [5.41, 5.74) is 2.41. The molecule has 1 heterocycles. The summed E-state index contributed by atoms with van der Waals surface area (Å²) in [6.07, 6.45) is 2.06. The molecule has 0 bridgehead atoms. The van der Waals surface area contributed by atoms with Gasteiger partial charge in [0.1, 0.15) is 0 Å². The third kappa shape index (κ3) is 5.65. The monoisotopic (exact) mass is 253 g/mol. The number of rotatable bonds is 9. The first-order valence-electron chi connectivity index (χ1n) is 6.93. The molecular formula is C14H27N3O. The standard InChI is InChI=1S/C14H27N3O/c1-5-13-9-14(17(4)16-13)10-15-7-6-8-18-11-12(2)3/h9,12,15H,5-8,10-11H2,1-4H3. The van der Waals surface area contributed by atoms with Crippen LogP contribution in [0, 0.1) is 5.92 Å². The fourth-order valence-electron chi connectivity index (χ4n) is 1.74. The molecule has 0 aliphatic rings. The minimum Gasteiger partial charge on any atom is -0.381 e. The molecule has 4 heteroatoms. The number of aryl methyl sites for hydroxylation is 2. The predicted molar refractivity (Wildman–Crippen MR) is 74.6 cm³/mol. The van der Waals surface area contributed by atoms with Crippen LogP contribution >= 0.6 is 0 Å². The number of nitrogens with one attached hydrogen (secondary N) is 1. The van der Waals surface area contributed by atoms with E-state index in [0.717, 1.165) is 44.8 Å². The Morgan fingerprint density at radius 1 is 1.44 bits per heavy atom. The maximum Gasteiger partial charge on any atom is 0.0625 e. The van der Waals surface area contributed by atoms with Crippen LogP contribution in [0.25, 0.3) is 0 Å². The van der Waals surface area contributed by atoms with Gasteiger partial charge in [0.15, 0.2) is 0 Å². The fraction of sp³-hybridized carbons (Fsp3) is 0.786. The van der Waals surface area contributed by atoms with Crippen molar-refractivity contribution in [2.75, 3.05) is 19.8 Å². The van der Waals surface area contributed by atoms with Gasteiger partial charge in [-0.1, -0.05) is 20.8 Å². The highest BCUT2D eigenvalue weighted by Gasteiger charge is 2.02. The Hall–Kier alpha value is -0.870. The first-order valence-corrected chi connectivity index (χ1v) is 6.93. The van der Waals surface area contributed by atoms with Gasteiger partial charge in [-0.2, -0.15) is 5.10 Å². The van der Waals surface area contributed by atoms with E-state index in [1.165, 1.54) is 5.69 Å². The van der Waals surface area contributed by atoms with Crippen LogP contribution in [0.3, 0.4) is 0 Å². The zero-order valence-corrected chi connectivity index (χ0v) is 12.2. The van der Waals surface area contributed by atoms with Crippen molar-refractivity contribution in [3.05, 3.63) is 17.5 Å². The van der Waals surface area contributed by atoms with E-state index < -0.39 is 0 Å². The third-order valence-corrected chi connectivity index (χ3v) is 2.79. The highest BCUT2D eigenvalue weighted by atomic mass is 16.5. The van der Waals surface area contributed by atoms with Gasteiger partial charge in [-0.25, -0.2) is 0 Å². The third-order valence-electron chi connectivity index (χ3n) is 2.79. The van der Waals surface area contributed by atoms with E-state index in [9.17, 15) is 0 Å². The van der Waals surface area contributed by atoms with E-state index in [0.29, 0.717) is 5.92 Å². The molecule has 18 heavy (non-hydrogen) atoms. The van der Waals surface area contributed by atoms with Crippen LogP contribution in [-0.4, -0.2) is 29.5 Å². The molecule has 4 nitrogen and oxygen atoms in total. The summed E-state index contributed by atoms with van der Waals surface area (Å²) in [7, 11) is 2.00. The van der Waals surface area contributed by atoms with E-state index in [-0.39, 0.29) is 0 Å². The van der Waals surface area contributed by atoms with Gasteiger partial charge in [-0.3, -0.25) is 4.68 Å². The lowest BCUT2D eigenvalue weighted by Crippen LogP contribution is -2.18. The Balaban J connectivity index is 2.08. The lowest BCUT2D eigenvalue weighted by Gasteiger charge is -2.07. The van der Waals surface area contributed by atoms with Crippen molar-refractivity contribution >= 4 is 0 Å². The van der Waals surface area contributed by atoms with E-state index in [1.807, 2.05) is 11.7 Å². The second-order valence-corrected chi connectivity index (χ2v) is 5.10. The Bertz CT molecular complexity index is 334. The van der Waals surface area contributed by atoms with Crippen molar-refractivity contribution in [1.29, 1.82) is 0 Å². The van der Waals surface area contributed by atoms with E-state index in [4.69, 9.17) is 4.74 Å². The Morgan fingerprint density at radius 3 is 2.83 bits per heavy atom. The Morgan fingerprint density at radius 2 is 2.22 bits per heavy atom. The van der Waals surface area contributed by atoms with Crippen molar-refractivity contribution in [2.24, 2.45) is 13.0 Å². The van der Waals surface area contributed by atoms with E-state index in [1.54, 1.807) is 0 Å². The predicted octanol–water partition coefficient (Wildman–Crippen LogP) is 2.13. The first kappa shape index (κ1) is 15.2. The van der Waals surface area contributed by atoms with Crippen molar-refractivity contribution in [1.82, 2.24) is 15.1 Å². The molecule has 0 aromatic carbocycles. The Labute approximate surface area is 111 Å². The van der Waals surface area contributed by atoms with Crippen LogP contribution in [-0.2, 0) is 24.8 Å². The van der Waals surface area contributed by atoms with Gasteiger partial charge in [-0.15, -0.1) is 0 Å². The Kier molecular flexibility index (Phi) is 6.98. The second-order valence-electron chi connectivity index (χ2n) is 5.10. The minimum atomic E-state index is 0.625. The highest BCUT2D eigenvalue weighted by molar-refractivity contribution is 5.09. The normalized spacial score (nSPS) is 11.4. The summed E-state index contributed by atoms with van der Waals surface area (Å²) in [5, 5.41) is 7.86. The fourth-order valence-corrected chi connectivity index (χ4v) is 1.74. The zero-order chi connectivity index (χ0) is 13.4. The molecule has 0 aliphatic heterocycles. The molecule has 1 rings (SSSR count). The molecule has 0 saturated heterocycles. The highest BCUT2D eigenvalue weighted by Crippen LogP contribution is 2.03. The minimum absolute atomic E-state index is 0.625. The number of hydrogen-bond acceptors (Lipinski definition) is 3. The van der Waals surface area contributed by atoms with Crippen LogP contribution in [0.5, 0.6) is 0 Å². The van der Waals surface area contributed by atoms with Crippen molar-refractivity contribution in [3.8, 4) is 0 Å². The van der Waals surface area contributed by atoms with E-state index >= 15 is 0 Å². The molecule has 1 N–H and O–H groups in total. The largest absolute Gasteiger partial charge is 0.381 e. The summed E-state index contributed by atoms with van der Waals surface area (Å²) in [5.74, 6) is 0.625. The van der Waals surface area contributed by atoms with Gasteiger partial charge in [0.25, 0.3) is 0 Å². The first-order chi connectivity index (χ1) is 8.63.